The quantitative estimate of drug-likeness (QED) is 0.621. The Balaban J connectivity index is 1.44. The Kier molecular flexibility index (Phi) is 5.96. The maximum Gasteiger partial charge on any atom is 0.185 e. The normalized spacial score (nSPS) is 18.8. The monoisotopic (exact) mass is 385 g/mol. The molecule has 2 aromatic rings. The lowest BCUT2D eigenvalue weighted by Gasteiger charge is -2.25. The average molecular weight is 386 g/mol. The molecule has 4 nitrogen and oxygen atoms in total. The highest BCUT2D eigenvalue weighted by Gasteiger charge is 2.21. The van der Waals surface area contributed by atoms with Crippen molar-refractivity contribution >= 4 is 22.3 Å². The molecule has 0 spiro atoms. The summed E-state index contributed by atoms with van der Waals surface area (Å²) in [6, 6.07) is 2.06. The number of aromatic nitrogens is 2. The predicted molar refractivity (Wildman–Crippen MR) is 112 cm³/mol. The molecule has 0 N–H and O–H groups in total. The molecule has 1 saturated heterocycles. The highest BCUT2D eigenvalue weighted by molar-refractivity contribution is 7.13. The van der Waals surface area contributed by atoms with E-state index in [1.165, 1.54) is 51.4 Å². The van der Waals surface area contributed by atoms with Crippen LogP contribution in [0.5, 0.6) is 0 Å². The molecule has 5 heteroatoms. The van der Waals surface area contributed by atoms with Crippen LogP contribution in [0.4, 0.5) is 5.13 Å². The van der Waals surface area contributed by atoms with E-state index in [-0.39, 0.29) is 0 Å². The summed E-state index contributed by atoms with van der Waals surface area (Å²) in [4.78, 5) is 20.2. The molecular formula is C22H31N3OS. The van der Waals surface area contributed by atoms with E-state index >= 15 is 0 Å². The highest BCUT2D eigenvalue weighted by Crippen LogP contribution is 2.28. The van der Waals surface area contributed by atoms with Crippen LogP contribution in [0.3, 0.4) is 0 Å². The number of piperidine rings is 1. The molecule has 1 aliphatic carbocycles. The molecule has 3 heterocycles. The van der Waals surface area contributed by atoms with Crippen LogP contribution in [0.1, 0.15) is 79.5 Å². The van der Waals surface area contributed by atoms with E-state index < -0.39 is 0 Å². The van der Waals surface area contributed by atoms with Gasteiger partial charge in [0.15, 0.2) is 10.9 Å². The minimum absolute atomic E-state index is 0.307. The van der Waals surface area contributed by atoms with Gasteiger partial charge in [-0.25, -0.2) is 4.98 Å². The fraction of sp³-hybridized carbons (Fsp3) is 0.636. The van der Waals surface area contributed by atoms with Crippen molar-refractivity contribution in [2.24, 2.45) is 5.92 Å². The summed E-state index contributed by atoms with van der Waals surface area (Å²) in [6.07, 6.45) is 13.0. The lowest BCUT2D eigenvalue weighted by molar-refractivity contribution is 0.0941. The van der Waals surface area contributed by atoms with Crippen LogP contribution in [0.25, 0.3) is 0 Å². The first-order chi connectivity index (χ1) is 13.2. The van der Waals surface area contributed by atoms with Gasteiger partial charge >= 0.3 is 0 Å². The maximum absolute atomic E-state index is 12.9. The number of hydrogen-bond donors (Lipinski definition) is 0. The van der Waals surface area contributed by atoms with E-state index in [1.807, 2.05) is 0 Å². The van der Waals surface area contributed by atoms with Gasteiger partial charge in [0.05, 0.1) is 17.9 Å². The summed E-state index contributed by atoms with van der Waals surface area (Å²) in [7, 11) is 0. The topological polar surface area (TPSA) is 38.1 Å². The van der Waals surface area contributed by atoms with Gasteiger partial charge in [0.2, 0.25) is 0 Å². The second kappa shape index (κ2) is 8.59. The SMILES string of the molecule is Cc1cc(C(=O)CC2CCCCC2)n(Cc2csc(N3CCCCC3)n2)c1. The van der Waals surface area contributed by atoms with Crippen LogP contribution in [0.15, 0.2) is 17.6 Å². The number of anilines is 1. The Morgan fingerprint density at radius 3 is 2.67 bits per heavy atom. The van der Waals surface area contributed by atoms with Crippen LogP contribution in [0.2, 0.25) is 0 Å². The number of hydrogen-bond acceptors (Lipinski definition) is 4. The molecule has 0 unspecified atom stereocenters. The number of carbonyl (C=O) groups is 1. The molecule has 27 heavy (non-hydrogen) atoms. The van der Waals surface area contributed by atoms with Gasteiger partial charge in [-0.1, -0.05) is 32.1 Å². The molecule has 1 saturated carbocycles. The van der Waals surface area contributed by atoms with Crippen molar-refractivity contribution in [2.75, 3.05) is 18.0 Å². The number of Topliss-reactive ketones (excluding diaryl/α,β-unsaturated/α-hetero) is 1. The second-order valence-corrected chi connectivity index (χ2v) is 9.17. The zero-order chi connectivity index (χ0) is 18.6. The minimum Gasteiger partial charge on any atom is -0.348 e. The third kappa shape index (κ3) is 4.63. The van der Waals surface area contributed by atoms with Gasteiger partial charge in [-0.15, -0.1) is 11.3 Å². The zero-order valence-corrected chi connectivity index (χ0v) is 17.3. The Bertz CT molecular complexity index is 766. The van der Waals surface area contributed by atoms with Crippen LogP contribution in [0, 0.1) is 12.8 Å². The van der Waals surface area contributed by atoms with Gasteiger partial charge in [-0.3, -0.25) is 4.79 Å². The van der Waals surface area contributed by atoms with Crippen molar-refractivity contribution in [3.63, 3.8) is 0 Å². The van der Waals surface area contributed by atoms with Gasteiger partial charge < -0.3 is 9.47 Å². The Labute approximate surface area is 166 Å². The molecule has 0 atom stereocenters. The van der Waals surface area contributed by atoms with Gasteiger partial charge in [0.25, 0.3) is 0 Å². The van der Waals surface area contributed by atoms with Crippen molar-refractivity contribution in [3.05, 3.63) is 34.6 Å². The number of ketones is 1. The number of rotatable bonds is 6. The molecule has 2 fully saturated rings. The summed E-state index contributed by atoms with van der Waals surface area (Å²) in [5, 5.41) is 3.30. The number of thiazole rings is 1. The number of carbonyl (C=O) groups excluding carboxylic acids is 1. The van der Waals surface area contributed by atoms with Gasteiger partial charge in [0, 0.05) is 31.1 Å². The van der Waals surface area contributed by atoms with Crippen molar-refractivity contribution in [1.29, 1.82) is 0 Å². The third-order valence-corrected chi connectivity index (χ3v) is 6.97. The summed E-state index contributed by atoms with van der Waals surface area (Å²) in [6.45, 7) is 5.03. The molecule has 0 aromatic carbocycles. The predicted octanol–water partition coefficient (Wildman–Crippen LogP) is 5.44. The average Bonchev–Trinajstić information content (AvgIpc) is 3.30. The number of nitrogens with zero attached hydrogens (tertiary/aromatic N) is 3. The molecule has 0 radical (unpaired) electrons. The summed E-state index contributed by atoms with van der Waals surface area (Å²) >= 11 is 1.74. The van der Waals surface area contributed by atoms with Gasteiger partial charge in [-0.05, 0) is 43.7 Å². The second-order valence-electron chi connectivity index (χ2n) is 8.33. The van der Waals surface area contributed by atoms with E-state index in [0.717, 1.165) is 35.2 Å². The smallest absolute Gasteiger partial charge is 0.185 e. The lowest BCUT2D eigenvalue weighted by atomic mass is 9.85. The summed E-state index contributed by atoms with van der Waals surface area (Å²) in [5.74, 6) is 0.890. The molecule has 0 amide bonds. The first kappa shape index (κ1) is 18.7. The van der Waals surface area contributed by atoms with E-state index in [1.54, 1.807) is 11.3 Å². The van der Waals surface area contributed by atoms with E-state index in [4.69, 9.17) is 4.98 Å². The Hall–Kier alpha value is -1.62. The van der Waals surface area contributed by atoms with Crippen LogP contribution in [-0.2, 0) is 6.54 Å². The molecule has 0 bridgehead atoms. The largest absolute Gasteiger partial charge is 0.348 e. The Morgan fingerprint density at radius 1 is 1.15 bits per heavy atom. The first-order valence-electron chi connectivity index (χ1n) is 10.6. The van der Waals surface area contributed by atoms with Gasteiger partial charge in [-0.2, -0.15) is 0 Å². The Morgan fingerprint density at radius 2 is 1.89 bits per heavy atom. The van der Waals surface area contributed by atoms with Crippen molar-refractivity contribution in [3.8, 4) is 0 Å². The lowest BCUT2D eigenvalue weighted by Crippen LogP contribution is -2.29. The summed E-state index contributed by atoms with van der Waals surface area (Å²) in [5.41, 5.74) is 3.10. The molecule has 146 valence electrons. The molecule has 1 aliphatic heterocycles. The van der Waals surface area contributed by atoms with Gasteiger partial charge in [0.1, 0.15) is 0 Å². The fourth-order valence-corrected chi connectivity index (χ4v) is 5.42. The fourth-order valence-electron chi connectivity index (χ4n) is 4.55. The van der Waals surface area contributed by atoms with Crippen LogP contribution >= 0.6 is 11.3 Å². The molecule has 2 aromatic heterocycles. The van der Waals surface area contributed by atoms with Crippen LogP contribution < -0.4 is 4.90 Å². The van der Waals surface area contributed by atoms with E-state index in [2.05, 4.69) is 34.0 Å². The molecule has 2 aliphatic rings. The van der Waals surface area contributed by atoms with Crippen molar-refractivity contribution < 1.29 is 4.79 Å². The third-order valence-electron chi connectivity index (χ3n) is 6.02. The van der Waals surface area contributed by atoms with Crippen molar-refractivity contribution in [2.45, 2.75) is 71.3 Å². The minimum atomic E-state index is 0.307. The standard InChI is InChI=1S/C22H31N3OS/c1-17-12-20(21(26)13-18-8-4-2-5-9-18)25(14-17)15-19-16-27-22(23-19)24-10-6-3-7-11-24/h12,14,16,18H,2-11,13,15H2,1H3. The summed E-state index contributed by atoms with van der Waals surface area (Å²) < 4.78 is 2.12. The van der Waals surface area contributed by atoms with Crippen LogP contribution in [-0.4, -0.2) is 28.4 Å². The maximum atomic E-state index is 12.9. The first-order valence-corrected chi connectivity index (χ1v) is 11.5. The van der Waals surface area contributed by atoms with E-state index in [9.17, 15) is 4.79 Å². The molecule has 4 rings (SSSR count). The number of aryl methyl sites for hydroxylation is 1. The highest BCUT2D eigenvalue weighted by atomic mass is 32.1. The molecular weight excluding hydrogens is 354 g/mol. The van der Waals surface area contributed by atoms with E-state index in [0.29, 0.717) is 24.7 Å². The van der Waals surface area contributed by atoms with Crippen molar-refractivity contribution in [1.82, 2.24) is 9.55 Å². The zero-order valence-electron chi connectivity index (χ0n) is 16.5.